The Labute approximate surface area is 190 Å². The van der Waals surface area contributed by atoms with Gasteiger partial charge >= 0.3 is 0 Å². The summed E-state index contributed by atoms with van der Waals surface area (Å²) in [4.78, 5) is 12.6. The molecule has 4 aromatic rings. The molecular formula is C25H22FN3O2S. The molecule has 0 bridgehead atoms. The number of aromatic nitrogens is 3. The summed E-state index contributed by atoms with van der Waals surface area (Å²) in [7, 11) is 0. The van der Waals surface area contributed by atoms with Crippen LogP contribution in [0.25, 0.3) is 17.1 Å². The maximum atomic E-state index is 13.2. The van der Waals surface area contributed by atoms with Gasteiger partial charge in [0.1, 0.15) is 11.6 Å². The molecule has 0 saturated carbocycles. The van der Waals surface area contributed by atoms with Gasteiger partial charge in [0.05, 0.1) is 12.4 Å². The predicted octanol–water partition coefficient (Wildman–Crippen LogP) is 5.76. The van der Waals surface area contributed by atoms with Crippen molar-refractivity contribution in [3.8, 4) is 22.8 Å². The molecule has 0 unspecified atom stereocenters. The Kier molecular flexibility index (Phi) is 6.66. The number of hydrogen-bond donors (Lipinski definition) is 0. The van der Waals surface area contributed by atoms with Crippen LogP contribution in [0.15, 0.2) is 78.0 Å². The van der Waals surface area contributed by atoms with Crippen molar-refractivity contribution in [2.24, 2.45) is 0 Å². The number of thioether (sulfide) groups is 1. The molecule has 0 saturated heterocycles. The third-order valence-corrected chi connectivity index (χ3v) is 5.78. The van der Waals surface area contributed by atoms with Gasteiger partial charge in [-0.3, -0.25) is 9.36 Å². The van der Waals surface area contributed by atoms with Gasteiger partial charge in [0, 0.05) is 16.8 Å². The number of ketones is 1. The van der Waals surface area contributed by atoms with Crippen molar-refractivity contribution in [1.29, 1.82) is 0 Å². The first-order valence-corrected chi connectivity index (χ1v) is 11.2. The highest BCUT2D eigenvalue weighted by Crippen LogP contribution is 2.29. The van der Waals surface area contributed by atoms with Crippen molar-refractivity contribution in [3.05, 3.63) is 89.7 Å². The van der Waals surface area contributed by atoms with Gasteiger partial charge in [0.15, 0.2) is 16.8 Å². The van der Waals surface area contributed by atoms with Crippen molar-refractivity contribution < 1.29 is 13.9 Å². The van der Waals surface area contributed by atoms with Gasteiger partial charge in [0.25, 0.3) is 0 Å². The number of hydrogen-bond acceptors (Lipinski definition) is 5. The third-order valence-electron chi connectivity index (χ3n) is 4.85. The van der Waals surface area contributed by atoms with Crippen LogP contribution >= 0.6 is 11.8 Å². The number of nitrogens with zero attached hydrogens (tertiary/aromatic N) is 3. The smallest absolute Gasteiger partial charge is 0.196 e. The fourth-order valence-electron chi connectivity index (χ4n) is 3.19. The largest absolute Gasteiger partial charge is 0.494 e. The summed E-state index contributed by atoms with van der Waals surface area (Å²) in [5.74, 6) is 1.16. The highest BCUT2D eigenvalue weighted by molar-refractivity contribution is 7.99. The molecule has 0 aliphatic carbocycles. The lowest BCUT2D eigenvalue weighted by atomic mass is 10.1. The molecular weight excluding hydrogens is 425 g/mol. The Hall–Kier alpha value is -3.45. The molecule has 0 spiro atoms. The second kappa shape index (κ2) is 9.78. The Balaban J connectivity index is 1.66. The monoisotopic (exact) mass is 447 g/mol. The molecule has 0 aliphatic rings. The summed E-state index contributed by atoms with van der Waals surface area (Å²) in [5.41, 5.74) is 3.41. The van der Waals surface area contributed by atoms with E-state index in [9.17, 15) is 9.18 Å². The Morgan fingerprint density at radius 3 is 2.31 bits per heavy atom. The van der Waals surface area contributed by atoms with E-state index in [0.29, 0.717) is 23.2 Å². The summed E-state index contributed by atoms with van der Waals surface area (Å²) in [6, 6.07) is 21.3. The van der Waals surface area contributed by atoms with Crippen molar-refractivity contribution in [2.45, 2.75) is 19.0 Å². The predicted molar refractivity (Wildman–Crippen MR) is 124 cm³/mol. The molecule has 162 valence electrons. The second-order valence-electron chi connectivity index (χ2n) is 7.15. The van der Waals surface area contributed by atoms with E-state index in [2.05, 4.69) is 10.2 Å². The van der Waals surface area contributed by atoms with Crippen molar-refractivity contribution >= 4 is 17.5 Å². The fraction of sp³-hybridized carbons (Fsp3) is 0.160. The number of aryl methyl sites for hydroxylation is 1. The van der Waals surface area contributed by atoms with Crippen LogP contribution in [0.3, 0.4) is 0 Å². The highest BCUT2D eigenvalue weighted by Gasteiger charge is 2.18. The molecule has 0 atom stereocenters. The second-order valence-corrected chi connectivity index (χ2v) is 8.10. The summed E-state index contributed by atoms with van der Waals surface area (Å²) >= 11 is 1.30. The molecule has 0 aliphatic heterocycles. The van der Waals surface area contributed by atoms with Gasteiger partial charge in [-0.1, -0.05) is 41.6 Å². The molecule has 3 aromatic carbocycles. The number of Topliss-reactive ketones (excluding diaryl/α,β-unsaturated/α-hetero) is 1. The Morgan fingerprint density at radius 1 is 0.969 bits per heavy atom. The molecule has 1 heterocycles. The zero-order chi connectivity index (χ0) is 22.5. The molecule has 0 N–H and O–H groups in total. The van der Waals surface area contributed by atoms with Crippen LogP contribution in [0.5, 0.6) is 5.75 Å². The van der Waals surface area contributed by atoms with Crippen molar-refractivity contribution in [2.75, 3.05) is 12.4 Å². The Morgan fingerprint density at radius 2 is 1.66 bits per heavy atom. The van der Waals surface area contributed by atoms with Gasteiger partial charge in [0.2, 0.25) is 0 Å². The number of carbonyl (C=O) groups excluding carboxylic acids is 1. The van der Waals surface area contributed by atoms with E-state index in [-0.39, 0.29) is 17.4 Å². The first-order valence-electron chi connectivity index (χ1n) is 10.2. The molecule has 32 heavy (non-hydrogen) atoms. The van der Waals surface area contributed by atoms with Crippen molar-refractivity contribution in [1.82, 2.24) is 14.8 Å². The van der Waals surface area contributed by atoms with Gasteiger partial charge in [-0.2, -0.15) is 0 Å². The lowest BCUT2D eigenvalue weighted by molar-refractivity contribution is 0.102. The van der Waals surface area contributed by atoms with Crippen LogP contribution in [0.1, 0.15) is 22.8 Å². The molecule has 4 rings (SSSR count). The summed E-state index contributed by atoms with van der Waals surface area (Å²) < 4.78 is 20.6. The van der Waals surface area contributed by atoms with E-state index in [1.54, 1.807) is 0 Å². The Bertz CT molecular complexity index is 1200. The first kappa shape index (κ1) is 21.8. The van der Waals surface area contributed by atoms with Crippen LogP contribution < -0.4 is 4.74 Å². The van der Waals surface area contributed by atoms with Crippen LogP contribution in [0, 0.1) is 12.7 Å². The third kappa shape index (κ3) is 4.89. The van der Waals surface area contributed by atoms with Crippen LogP contribution in [0.4, 0.5) is 4.39 Å². The van der Waals surface area contributed by atoms with Gasteiger partial charge in [-0.05, 0) is 62.4 Å². The number of ether oxygens (including phenoxy) is 1. The SMILES string of the molecule is CCOc1ccc(-n2c(SCC(=O)c3ccc(F)cc3)nnc2-c2ccc(C)cc2)cc1. The molecule has 0 fully saturated rings. The quantitative estimate of drug-likeness (QED) is 0.254. The maximum absolute atomic E-state index is 13.2. The van der Waals surface area contributed by atoms with Gasteiger partial charge < -0.3 is 4.74 Å². The van der Waals surface area contributed by atoms with Crippen LogP contribution in [-0.2, 0) is 0 Å². The average molecular weight is 448 g/mol. The number of benzene rings is 3. The van der Waals surface area contributed by atoms with Gasteiger partial charge in [-0.15, -0.1) is 10.2 Å². The lowest BCUT2D eigenvalue weighted by Gasteiger charge is -2.11. The van der Waals surface area contributed by atoms with E-state index in [1.165, 1.54) is 36.0 Å². The van der Waals surface area contributed by atoms with E-state index in [1.807, 2.05) is 66.9 Å². The summed E-state index contributed by atoms with van der Waals surface area (Å²) in [6.07, 6.45) is 0. The first-order chi connectivity index (χ1) is 15.5. The van der Waals surface area contributed by atoms with E-state index in [4.69, 9.17) is 4.74 Å². The normalized spacial score (nSPS) is 10.8. The van der Waals surface area contributed by atoms with Crippen LogP contribution in [-0.4, -0.2) is 32.9 Å². The minimum atomic E-state index is -0.368. The van der Waals surface area contributed by atoms with E-state index >= 15 is 0 Å². The molecule has 1 aromatic heterocycles. The number of carbonyl (C=O) groups is 1. The fourth-order valence-corrected chi connectivity index (χ4v) is 4.04. The number of halogens is 1. The lowest BCUT2D eigenvalue weighted by Crippen LogP contribution is -2.05. The average Bonchev–Trinajstić information content (AvgIpc) is 3.23. The van der Waals surface area contributed by atoms with Crippen LogP contribution in [0.2, 0.25) is 0 Å². The molecule has 7 heteroatoms. The van der Waals surface area contributed by atoms with E-state index in [0.717, 1.165) is 22.6 Å². The maximum Gasteiger partial charge on any atom is 0.196 e. The molecule has 5 nitrogen and oxygen atoms in total. The summed E-state index contributed by atoms with van der Waals surface area (Å²) in [6.45, 7) is 4.56. The van der Waals surface area contributed by atoms with E-state index < -0.39 is 0 Å². The zero-order valence-electron chi connectivity index (χ0n) is 17.8. The zero-order valence-corrected chi connectivity index (χ0v) is 18.6. The summed E-state index contributed by atoms with van der Waals surface area (Å²) in [5, 5.41) is 9.37. The minimum Gasteiger partial charge on any atom is -0.494 e. The number of rotatable bonds is 8. The molecule has 0 radical (unpaired) electrons. The topological polar surface area (TPSA) is 57.0 Å². The standard InChI is InChI=1S/C25H22FN3O2S/c1-3-31-22-14-12-21(13-15-22)29-24(19-6-4-17(2)5-7-19)27-28-25(29)32-16-23(30)18-8-10-20(26)11-9-18/h4-15H,3,16H2,1-2H3. The van der Waals surface area contributed by atoms with Gasteiger partial charge in [-0.25, -0.2) is 4.39 Å². The highest BCUT2D eigenvalue weighted by atomic mass is 32.2. The molecule has 0 amide bonds. The van der Waals surface area contributed by atoms with Crippen molar-refractivity contribution in [3.63, 3.8) is 0 Å². The minimum absolute atomic E-state index is 0.104.